The number of nitrogens with zero attached hydrogens (tertiary/aromatic N) is 6. The lowest BCUT2D eigenvalue weighted by Gasteiger charge is -2.26. The van der Waals surface area contributed by atoms with E-state index < -0.39 is 6.04 Å². The van der Waals surface area contributed by atoms with Crippen molar-refractivity contribution in [2.24, 2.45) is 0 Å². The molecule has 150 valence electrons. The maximum atomic E-state index is 13.3. The van der Waals surface area contributed by atoms with Gasteiger partial charge >= 0.3 is 0 Å². The van der Waals surface area contributed by atoms with E-state index >= 15 is 0 Å². The van der Waals surface area contributed by atoms with Crippen molar-refractivity contribution in [1.82, 2.24) is 35.3 Å². The standard InChI is InChI=1S/C19H27N7O2/c1-2-20-18(27)14-24-9-6-10-25(12-11-24)19(28)17(26-15-21-22-23-26)13-16-7-4-3-5-8-16/h3-5,7-8,15,17H,2,6,9-14H2,1H3,(H,20,27). The Morgan fingerprint density at radius 2 is 1.96 bits per heavy atom. The molecule has 0 radical (unpaired) electrons. The number of carbonyl (C=O) groups excluding carboxylic acids is 2. The highest BCUT2D eigenvalue weighted by Crippen LogP contribution is 2.17. The summed E-state index contributed by atoms with van der Waals surface area (Å²) in [6.45, 7) is 5.64. The van der Waals surface area contributed by atoms with Gasteiger partial charge in [-0.25, -0.2) is 4.68 Å². The summed E-state index contributed by atoms with van der Waals surface area (Å²) in [5.74, 6) is 0.0360. The van der Waals surface area contributed by atoms with Crippen molar-refractivity contribution in [3.63, 3.8) is 0 Å². The molecule has 1 atom stereocenters. The Morgan fingerprint density at radius 3 is 2.68 bits per heavy atom. The van der Waals surface area contributed by atoms with Gasteiger partial charge in [0, 0.05) is 39.1 Å². The van der Waals surface area contributed by atoms with Crippen molar-refractivity contribution < 1.29 is 9.59 Å². The van der Waals surface area contributed by atoms with Crippen LogP contribution in [0.25, 0.3) is 0 Å². The fraction of sp³-hybridized carbons (Fsp3) is 0.526. The smallest absolute Gasteiger partial charge is 0.247 e. The molecule has 1 fully saturated rings. The van der Waals surface area contributed by atoms with Gasteiger partial charge in [-0.3, -0.25) is 14.5 Å². The highest BCUT2D eigenvalue weighted by molar-refractivity contribution is 5.81. The van der Waals surface area contributed by atoms with E-state index in [9.17, 15) is 9.59 Å². The first-order valence-electron chi connectivity index (χ1n) is 9.71. The fourth-order valence-corrected chi connectivity index (χ4v) is 3.46. The molecule has 1 saturated heterocycles. The summed E-state index contributed by atoms with van der Waals surface area (Å²) < 4.78 is 1.53. The molecule has 0 saturated carbocycles. The van der Waals surface area contributed by atoms with Crippen molar-refractivity contribution >= 4 is 11.8 Å². The Hall–Kier alpha value is -2.81. The van der Waals surface area contributed by atoms with Gasteiger partial charge < -0.3 is 10.2 Å². The Bertz CT molecular complexity index is 751. The van der Waals surface area contributed by atoms with E-state index in [4.69, 9.17) is 0 Å². The van der Waals surface area contributed by atoms with Gasteiger partial charge in [0.2, 0.25) is 11.8 Å². The molecule has 9 nitrogen and oxygen atoms in total. The van der Waals surface area contributed by atoms with Crippen LogP contribution >= 0.6 is 0 Å². The average Bonchev–Trinajstić information content (AvgIpc) is 3.13. The van der Waals surface area contributed by atoms with Gasteiger partial charge in [-0.1, -0.05) is 30.3 Å². The molecule has 1 aliphatic heterocycles. The van der Waals surface area contributed by atoms with E-state index in [2.05, 4.69) is 25.7 Å². The highest BCUT2D eigenvalue weighted by atomic mass is 16.2. The molecule has 1 aliphatic rings. The second kappa shape index (κ2) is 9.93. The third-order valence-electron chi connectivity index (χ3n) is 4.88. The van der Waals surface area contributed by atoms with E-state index in [1.807, 2.05) is 42.2 Å². The van der Waals surface area contributed by atoms with Crippen LogP contribution in [-0.4, -0.2) is 81.1 Å². The normalized spacial score (nSPS) is 16.4. The first kappa shape index (κ1) is 19.9. The molecule has 9 heteroatoms. The number of carbonyl (C=O) groups is 2. The lowest BCUT2D eigenvalue weighted by Crippen LogP contribution is -2.42. The molecule has 2 aromatic rings. The number of benzene rings is 1. The molecule has 1 unspecified atom stereocenters. The Balaban J connectivity index is 1.66. The minimum atomic E-state index is -0.479. The van der Waals surface area contributed by atoms with Gasteiger partial charge in [0.05, 0.1) is 6.54 Å². The molecule has 0 spiro atoms. The summed E-state index contributed by atoms with van der Waals surface area (Å²) in [6, 6.07) is 9.40. The fourth-order valence-electron chi connectivity index (χ4n) is 3.46. The first-order chi connectivity index (χ1) is 13.7. The van der Waals surface area contributed by atoms with Crippen molar-refractivity contribution in [1.29, 1.82) is 0 Å². The quantitative estimate of drug-likeness (QED) is 0.728. The van der Waals surface area contributed by atoms with Crippen LogP contribution in [0.1, 0.15) is 24.9 Å². The van der Waals surface area contributed by atoms with Crippen LogP contribution in [0.15, 0.2) is 36.7 Å². The molecule has 28 heavy (non-hydrogen) atoms. The van der Waals surface area contributed by atoms with Crippen LogP contribution in [0.5, 0.6) is 0 Å². The molecule has 0 aliphatic carbocycles. The molecule has 2 amide bonds. The summed E-state index contributed by atoms with van der Waals surface area (Å²) >= 11 is 0. The molecule has 0 bridgehead atoms. The summed E-state index contributed by atoms with van der Waals surface area (Å²) in [7, 11) is 0. The predicted octanol–water partition coefficient (Wildman–Crippen LogP) is 0.127. The lowest BCUT2D eigenvalue weighted by molar-refractivity contribution is -0.135. The van der Waals surface area contributed by atoms with Crippen LogP contribution in [0.3, 0.4) is 0 Å². The van der Waals surface area contributed by atoms with Gasteiger partial charge in [0.1, 0.15) is 12.4 Å². The zero-order valence-electron chi connectivity index (χ0n) is 16.2. The Morgan fingerprint density at radius 1 is 1.14 bits per heavy atom. The number of aromatic nitrogens is 4. The molecule has 3 rings (SSSR count). The molecule has 1 aromatic carbocycles. The largest absolute Gasteiger partial charge is 0.355 e. The Labute approximate surface area is 164 Å². The summed E-state index contributed by atoms with van der Waals surface area (Å²) in [5, 5.41) is 14.2. The number of tetrazole rings is 1. The van der Waals surface area contributed by atoms with Crippen molar-refractivity contribution in [2.75, 3.05) is 39.3 Å². The number of amides is 2. The van der Waals surface area contributed by atoms with Crippen molar-refractivity contribution in [3.05, 3.63) is 42.2 Å². The van der Waals surface area contributed by atoms with Gasteiger partial charge in [-0.05, 0) is 29.3 Å². The predicted molar refractivity (Wildman–Crippen MR) is 103 cm³/mol. The maximum Gasteiger partial charge on any atom is 0.247 e. The summed E-state index contributed by atoms with van der Waals surface area (Å²) in [6.07, 6.45) is 2.85. The summed E-state index contributed by atoms with van der Waals surface area (Å²) in [5.41, 5.74) is 1.06. The van der Waals surface area contributed by atoms with Crippen LogP contribution in [0.2, 0.25) is 0 Å². The molecule has 1 N–H and O–H groups in total. The van der Waals surface area contributed by atoms with Crippen LogP contribution in [0, 0.1) is 0 Å². The number of hydrogen-bond donors (Lipinski definition) is 1. The SMILES string of the molecule is CCNC(=O)CN1CCCN(C(=O)C(Cc2ccccc2)n2cnnn2)CC1. The van der Waals surface area contributed by atoms with E-state index in [0.717, 1.165) is 18.5 Å². The van der Waals surface area contributed by atoms with Gasteiger partial charge in [-0.2, -0.15) is 0 Å². The van der Waals surface area contributed by atoms with E-state index in [1.165, 1.54) is 11.0 Å². The van der Waals surface area contributed by atoms with E-state index in [-0.39, 0.29) is 11.8 Å². The van der Waals surface area contributed by atoms with Crippen molar-refractivity contribution in [2.45, 2.75) is 25.8 Å². The van der Waals surface area contributed by atoms with Crippen LogP contribution in [-0.2, 0) is 16.0 Å². The average molecular weight is 385 g/mol. The number of likely N-dealkylation sites (N-methyl/N-ethyl adjacent to an activating group) is 1. The van der Waals surface area contributed by atoms with E-state index in [0.29, 0.717) is 39.1 Å². The topological polar surface area (TPSA) is 96.2 Å². The first-order valence-corrected chi connectivity index (χ1v) is 9.71. The number of rotatable bonds is 7. The number of hydrogen-bond acceptors (Lipinski definition) is 6. The van der Waals surface area contributed by atoms with Gasteiger partial charge in [0.25, 0.3) is 0 Å². The zero-order valence-corrected chi connectivity index (χ0v) is 16.2. The van der Waals surface area contributed by atoms with Crippen LogP contribution in [0.4, 0.5) is 0 Å². The zero-order chi connectivity index (χ0) is 19.8. The monoisotopic (exact) mass is 385 g/mol. The minimum absolute atomic E-state index is 0.0102. The summed E-state index contributed by atoms with van der Waals surface area (Å²) in [4.78, 5) is 29.1. The third kappa shape index (κ3) is 5.35. The van der Waals surface area contributed by atoms with E-state index in [1.54, 1.807) is 0 Å². The van der Waals surface area contributed by atoms with Crippen LogP contribution < -0.4 is 5.32 Å². The molecule has 2 heterocycles. The molecule has 1 aromatic heterocycles. The Kier molecular flexibility index (Phi) is 7.07. The second-order valence-corrected chi connectivity index (χ2v) is 6.90. The van der Waals surface area contributed by atoms with Gasteiger partial charge in [-0.15, -0.1) is 5.10 Å². The number of nitrogens with one attached hydrogen (secondary N) is 1. The second-order valence-electron chi connectivity index (χ2n) is 6.90. The maximum absolute atomic E-state index is 13.3. The van der Waals surface area contributed by atoms with Gasteiger partial charge in [0.15, 0.2) is 0 Å². The third-order valence-corrected chi connectivity index (χ3v) is 4.88. The lowest BCUT2D eigenvalue weighted by atomic mass is 10.0. The van der Waals surface area contributed by atoms with Crippen molar-refractivity contribution in [3.8, 4) is 0 Å². The minimum Gasteiger partial charge on any atom is -0.355 e. The molecular formula is C19H27N7O2. The molecular weight excluding hydrogens is 358 g/mol. The highest BCUT2D eigenvalue weighted by Gasteiger charge is 2.29.